The van der Waals surface area contributed by atoms with E-state index in [0.717, 1.165) is 43.1 Å². The summed E-state index contributed by atoms with van der Waals surface area (Å²) < 4.78 is 5.20. The Kier molecular flexibility index (Phi) is 11.8. The molecule has 0 radical (unpaired) electrons. The summed E-state index contributed by atoms with van der Waals surface area (Å²) in [5.74, 6) is 0.554. The molecule has 1 atom stereocenters. The molecule has 1 aromatic carbocycles. The largest absolute Gasteiger partial charge is 0.466 e. The number of carbonyl (C=O) groups is 2. The van der Waals surface area contributed by atoms with Crippen LogP contribution in [0.2, 0.25) is 0 Å². The fourth-order valence-electron chi connectivity index (χ4n) is 3.19. The number of halogens is 1. The molecule has 0 bridgehead atoms. The van der Waals surface area contributed by atoms with Crippen LogP contribution in [0.1, 0.15) is 46.1 Å². The topological polar surface area (TPSA) is 83.0 Å². The number of rotatable bonds is 7. The van der Waals surface area contributed by atoms with E-state index in [1.807, 2.05) is 52.0 Å². The second-order valence-corrected chi connectivity index (χ2v) is 7.55. The summed E-state index contributed by atoms with van der Waals surface area (Å²) >= 11 is 0. The molecule has 8 heteroatoms. The molecule has 2 rings (SSSR count). The average Bonchev–Trinajstić information content (AvgIpc) is 2.72. The third-order valence-electron chi connectivity index (χ3n) is 4.83. The molecule has 0 aromatic heterocycles. The van der Waals surface area contributed by atoms with Gasteiger partial charge in [0.25, 0.3) is 0 Å². The predicted octanol–water partition coefficient (Wildman–Crippen LogP) is 3.64. The summed E-state index contributed by atoms with van der Waals surface area (Å²) in [6.45, 7) is 10.8. The molecular weight excluding hydrogens is 495 g/mol. The molecule has 0 saturated carbocycles. The molecule has 30 heavy (non-hydrogen) atoms. The number of aliphatic imine (C=N–C) groups is 1. The lowest BCUT2D eigenvalue weighted by Crippen LogP contribution is -2.48. The van der Waals surface area contributed by atoms with E-state index in [9.17, 15) is 9.59 Å². The Labute approximate surface area is 197 Å². The number of nitrogens with zero attached hydrogens (tertiary/aromatic N) is 2. The van der Waals surface area contributed by atoms with E-state index in [1.165, 1.54) is 0 Å². The highest BCUT2D eigenvalue weighted by molar-refractivity contribution is 14.0. The Balaban J connectivity index is 0.00000450. The zero-order valence-electron chi connectivity index (χ0n) is 18.4. The fourth-order valence-corrected chi connectivity index (χ4v) is 3.19. The number of guanidine groups is 1. The summed E-state index contributed by atoms with van der Waals surface area (Å²) in [7, 11) is 0. The van der Waals surface area contributed by atoms with Gasteiger partial charge >= 0.3 is 5.97 Å². The second-order valence-electron chi connectivity index (χ2n) is 7.55. The summed E-state index contributed by atoms with van der Waals surface area (Å²) in [5.41, 5.74) is 1.85. The van der Waals surface area contributed by atoms with Gasteiger partial charge in [0, 0.05) is 31.2 Å². The number of hydrogen-bond acceptors (Lipinski definition) is 4. The highest BCUT2D eigenvalue weighted by Gasteiger charge is 2.28. The van der Waals surface area contributed by atoms with Gasteiger partial charge in [0.2, 0.25) is 5.91 Å². The van der Waals surface area contributed by atoms with Crippen LogP contribution in [-0.2, 0) is 20.9 Å². The van der Waals surface area contributed by atoms with E-state index < -0.39 is 0 Å². The lowest BCUT2D eigenvalue weighted by molar-refractivity contribution is -0.149. The summed E-state index contributed by atoms with van der Waals surface area (Å²) in [4.78, 5) is 30.8. The van der Waals surface area contributed by atoms with Crippen LogP contribution in [0.15, 0.2) is 29.3 Å². The van der Waals surface area contributed by atoms with Gasteiger partial charge in [0.05, 0.1) is 19.1 Å². The van der Waals surface area contributed by atoms with Gasteiger partial charge in [-0.1, -0.05) is 26.0 Å². The van der Waals surface area contributed by atoms with Crippen molar-refractivity contribution in [1.82, 2.24) is 10.2 Å². The van der Waals surface area contributed by atoms with E-state index in [2.05, 4.69) is 15.5 Å². The van der Waals surface area contributed by atoms with Crippen molar-refractivity contribution in [2.24, 2.45) is 16.8 Å². The number of likely N-dealkylation sites (tertiary alicyclic amines) is 1. The van der Waals surface area contributed by atoms with Gasteiger partial charge in [-0.05, 0) is 44.4 Å². The third kappa shape index (κ3) is 8.12. The SMILES string of the molecule is CCNC(=NCc1ccc(NC(=O)C(C)C)cc1)N1CCCC(C(=O)OCC)C1.I. The first kappa shape index (κ1) is 26.2. The van der Waals surface area contributed by atoms with E-state index in [0.29, 0.717) is 19.7 Å². The van der Waals surface area contributed by atoms with Gasteiger partial charge < -0.3 is 20.3 Å². The Morgan fingerprint density at radius 1 is 1.23 bits per heavy atom. The highest BCUT2D eigenvalue weighted by atomic mass is 127. The molecule has 168 valence electrons. The normalized spacial score (nSPS) is 16.6. The van der Waals surface area contributed by atoms with Gasteiger partial charge in [-0.2, -0.15) is 0 Å². The first-order chi connectivity index (χ1) is 13.9. The zero-order valence-corrected chi connectivity index (χ0v) is 20.8. The number of carbonyl (C=O) groups excluding carboxylic acids is 2. The minimum Gasteiger partial charge on any atom is -0.466 e. The van der Waals surface area contributed by atoms with Gasteiger partial charge in [-0.15, -0.1) is 24.0 Å². The fraction of sp³-hybridized carbons (Fsp3) is 0.591. The Morgan fingerprint density at radius 2 is 1.93 bits per heavy atom. The molecule has 0 aliphatic carbocycles. The lowest BCUT2D eigenvalue weighted by Gasteiger charge is -2.34. The van der Waals surface area contributed by atoms with Crippen LogP contribution >= 0.6 is 24.0 Å². The lowest BCUT2D eigenvalue weighted by atomic mass is 9.98. The van der Waals surface area contributed by atoms with Crippen molar-refractivity contribution in [3.8, 4) is 0 Å². The quantitative estimate of drug-likeness (QED) is 0.244. The third-order valence-corrected chi connectivity index (χ3v) is 4.83. The molecule has 0 spiro atoms. The van der Waals surface area contributed by atoms with Crippen LogP contribution in [-0.4, -0.2) is 49.0 Å². The van der Waals surface area contributed by atoms with Crippen molar-refractivity contribution < 1.29 is 14.3 Å². The van der Waals surface area contributed by atoms with Gasteiger partial charge in [-0.3, -0.25) is 9.59 Å². The molecule has 1 fully saturated rings. The van der Waals surface area contributed by atoms with Crippen molar-refractivity contribution in [3.63, 3.8) is 0 Å². The maximum Gasteiger partial charge on any atom is 0.310 e. The number of anilines is 1. The van der Waals surface area contributed by atoms with Crippen LogP contribution in [0, 0.1) is 11.8 Å². The van der Waals surface area contributed by atoms with Crippen LogP contribution in [0.3, 0.4) is 0 Å². The van der Waals surface area contributed by atoms with Crippen molar-refractivity contribution in [2.75, 3.05) is 31.6 Å². The minimum atomic E-state index is -0.118. The number of benzene rings is 1. The first-order valence-electron chi connectivity index (χ1n) is 10.5. The average molecular weight is 530 g/mol. The molecule has 1 aliphatic heterocycles. The summed E-state index contributed by atoms with van der Waals surface area (Å²) in [6, 6.07) is 7.74. The molecule has 1 saturated heterocycles. The van der Waals surface area contributed by atoms with Gasteiger partial charge in [-0.25, -0.2) is 4.99 Å². The van der Waals surface area contributed by atoms with E-state index in [-0.39, 0.29) is 47.7 Å². The molecule has 7 nitrogen and oxygen atoms in total. The van der Waals surface area contributed by atoms with Crippen LogP contribution < -0.4 is 10.6 Å². The molecule has 1 amide bonds. The number of esters is 1. The number of ether oxygens (including phenoxy) is 1. The molecule has 1 aliphatic rings. The number of hydrogen-bond donors (Lipinski definition) is 2. The second kappa shape index (κ2) is 13.5. The summed E-state index contributed by atoms with van der Waals surface area (Å²) in [5, 5.41) is 6.22. The van der Waals surface area contributed by atoms with Crippen LogP contribution in [0.5, 0.6) is 0 Å². The van der Waals surface area contributed by atoms with Gasteiger partial charge in [0.1, 0.15) is 0 Å². The number of amides is 1. The maximum absolute atomic E-state index is 12.1. The number of nitrogens with one attached hydrogen (secondary N) is 2. The first-order valence-corrected chi connectivity index (χ1v) is 10.5. The van der Waals surface area contributed by atoms with Crippen molar-refractivity contribution in [2.45, 2.75) is 47.1 Å². The molecule has 2 N–H and O–H groups in total. The number of piperidine rings is 1. The van der Waals surface area contributed by atoms with Gasteiger partial charge in [0.15, 0.2) is 5.96 Å². The van der Waals surface area contributed by atoms with Crippen molar-refractivity contribution >= 4 is 47.5 Å². The standard InChI is InChI=1S/C22H34N4O3.HI/c1-5-23-22(26-13-7-8-18(15-26)21(28)29-6-2)24-14-17-9-11-19(12-10-17)25-20(27)16(3)4;/h9-12,16,18H,5-8,13-15H2,1-4H3,(H,23,24)(H,25,27);1H. The Bertz CT molecular complexity index is 707. The molecular formula is C22H35IN4O3. The monoisotopic (exact) mass is 530 g/mol. The van der Waals surface area contributed by atoms with E-state index >= 15 is 0 Å². The summed E-state index contributed by atoms with van der Waals surface area (Å²) in [6.07, 6.45) is 1.80. The molecule has 1 unspecified atom stereocenters. The van der Waals surface area contributed by atoms with Crippen LogP contribution in [0.4, 0.5) is 5.69 Å². The molecule has 1 aromatic rings. The van der Waals surface area contributed by atoms with E-state index in [1.54, 1.807) is 0 Å². The Hall–Kier alpha value is -1.84. The zero-order chi connectivity index (χ0) is 21.2. The minimum absolute atomic E-state index is 0. The van der Waals surface area contributed by atoms with E-state index in [4.69, 9.17) is 9.73 Å². The smallest absolute Gasteiger partial charge is 0.310 e. The van der Waals surface area contributed by atoms with Crippen molar-refractivity contribution in [1.29, 1.82) is 0 Å². The predicted molar refractivity (Wildman–Crippen MR) is 131 cm³/mol. The van der Waals surface area contributed by atoms with Crippen molar-refractivity contribution in [3.05, 3.63) is 29.8 Å². The Morgan fingerprint density at radius 3 is 2.53 bits per heavy atom. The van der Waals surface area contributed by atoms with Crippen LogP contribution in [0.25, 0.3) is 0 Å². The highest BCUT2D eigenvalue weighted by Crippen LogP contribution is 2.18. The maximum atomic E-state index is 12.1. The molecule has 1 heterocycles.